The van der Waals surface area contributed by atoms with Crippen LogP contribution in [0.4, 0.5) is 0 Å². The number of rotatable bonds is 3. The predicted molar refractivity (Wildman–Crippen MR) is 47.0 cm³/mol. The van der Waals surface area contributed by atoms with E-state index in [1.54, 1.807) is 6.20 Å². The van der Waals surface area contributed by atoms with Gasteiger partial charge in [0, 0.05) is 25.0 Å². The van der Waals surface area contributed by atoms with Gasteiger partial charge < -0.3 is 15.0 Å². The second-order valence-corrected chi connectivity index (χ2v) is 3.60. The molecule has 0 aliphatic heterocycles. The van der Waals surface area contributed by atoms with Crippen LogP contribution in [0.3, 0.4) is 0 Å². The van der Waals surface area contributed by atoms with Crippen molar-refractivity contribution in [3.63, 3.8) is 0 Å². The molecule has 0 aliphatic carbocycles. The lowest BCUT2D eigenvalue weighted by molar-refractivity contribution is 0.220. The number of nitrogens with zero attached hydrogens (tertiary/aromatic N) is 2. The van der Waals surface area contributed by atoms with Crippen LogP contribution in [0.25, 0.3) is 0 Å². The lowest BCUT2D eigenvalue weighted by atomic mass is 10.1. The molecule has 2 N–H and O–H groups in total. The molecule has 0 spiro atoms. The molecule has 68 valence electrons. The summed E-state index contributed by atoms with van der Waals surface area (Å²) in [7, 11) is 1.88. The van der Waals surface area contributed by atoms with Crippen LogP contribution in [0.5, 0.6) is 6.01 Å². The minimum atomic E-state index is -0.314. The molecule has 1 heterocycles. The highest BCUT2D eigenvalue weighted by Gasteiger charge is 2.12. The highest BCUT2D eigenvalue weighted by Crippen LogP contribution is 2.06. The lowest BCUT2D eigenvalue weighted by Crippen LogP contribution is -2.39. The van der Waals surface area contributed by atoms with E-state index in [-0.39, 0.29) is 5.54 Å². The topological polar surface area (TPSA) is 53.1 Å². The van der Waals surface area contributed by atoms with Gasteiger partial charge in [-0.05, 0) is 13.8 Å². The van der Waals surface area contributed by atoms with Crippen LogP contribution in [-0.4, -0.2) is 21.7 Å². The summed E-state index contributed by atoms with van der Waals surface area (Å²) in [6, 6.07) is 0.605. The minimum Gasteiger partial charge on any atom is -0.463 e. The summed E-state index contributed by atoms with van der Waals surface area (Å²) < 4.78 is 7.18. The van der Waals surface area contributed by atoms with Crippen molar-refractivity contribution in [2.75, 3.05) is 6.61 Å². The second kappa shape index (κ2) is 3.15. The number of ether oxygens (including phenoxy) is 1. The minimum absolute atomic E-state index is 0.314. The average molecular weight is 169 g/mol. The molecule has 1 rings (SSSR count). The Hall–Kier alpha value is -1.03. The van der Waals surface area contributed by atoms with Crippen molar-refractivity contribution in [2.45, 2.75) is 19.4 Å². The number of aromatic nitrogens is 2. The Balaban J connectivity index is 2.49. The van der Waals surface area contributed by atoms with E-state index in [1.807, 2.05) is 31.7 Å². The summed E-state index contributed by atoms with van der Waals surface area (Å²) in [6.45, 7) is 4.30. The molecule has 12 heavy (non-hydrogen) atoms. The van der Waals surface area contributed by atoms with Crippen molar-refractivity contribution < 1.29 is 4.74 Å². The second-order valence-electron chi connectivity index (χ2n) is 3.60. The molecule has 4 nitrogen and oxygen atoms in total. The van der Waals surface area contributed by atoms with Crippen molar-refractivity contribution in [3.8, 4) is 6.01 Å². The SMILES string of the molecule is Cn1ccnc1OCC(C)(C)N. The Bertz CT molecular complexity index is 249. The molecule has 0 fully saturated rings. The molecule has 0 radical (unpaired) electrons. The van der Waals surface area contributed by atoms with Crippen LogP contribution in [0, 0.1) is 0 Å². The molecule has 0 bridgehead atoms. The average Bonchev–Trinajstić information content (AvgIpc) is 2.29. The lowest BCUT2D eigenvalue weighted by Gasteiger charge is -2.18. The highest BCUT2D eigenvalue weighted by atomic mass is 16.5. The summed E-state index contributed by atoms with van der Waals surface area (Å²) in [6.07, 6.45) is 3.53. The fraction of sp³-hybridized carbons (Fsp3) is 0.625. The maximum absolute atomic E-state index is 5.74. The Morgan fingerprint density at radius 3 is 2.75 bits per heavy atom. The van der Waals surface area contributed by atoms with Crippen molar-refractivity contribution in [1.82, 2.24) is 9.55 Å². The summed E-state index contributed by atoms with van der Waals surface area (Å²) in [5.74, 6) is 0. The van der Waals surface area contributed by atoms with Gasteiger partial charge >= 0.3 is 0 Å². The highest BCUT2D eigenvalue weighted by molar-refractivity contribution is 4.97. The monoisotopic (exact) mass is 169 g/mol. The number of imidazole rings is 1. The van der Waals surface area contributed by atoms with Gasteiger partial charge in [0.1, 0.15) is 6.61 Å². The Kier molecular flexibility index (Phi) is 2.38. The maximum Gasteiger partial charge on any atom is 0.296 e. The van der Waals surface area contributed by atoms with E-state index in [1.165, 1.54) is 0 Å². The largest absolute Gasteiger partial charge is 0.463 e. The van der Waals surface area contributed by atoms with Crippen LogP contribution in [-0.2, 0) is 7.05 Å². The van der Waals surface area contributed by atoms with Crippen molar-refractivity contribution in [1.29, 1.82) is 0 Å². The Morgan fingerprint density at radius 1 is 1.67 bits per heavy atom. The van der Waals surface area contributed by atoms with Gasteiger partial charge in [-0.25, -0.2) is 4.98 Å². The van der Waals surface area contributed by atoms with Crippen LogP contribution in [0.1, 0.15) is 13.8 Å². The first kappa shape index (κ1) is 9.06. The number of hydrogen-bond donors (Lipinski definition) is 1. The zero-order valence-electron chi connectivity index (χ0n) is 7.74. The summed E-state index contributed by atoms with van der Waals surface area (Å²) in [5, 5.41) is 0. The number of hydrogen-bond acceptors (Lipinski definition) is 3. The molecule has 0 unspecified atom stereocenters. The van der Waals surface area contributed by atoms with Crippen molar-refractivity contribution >= 4 is 0 Å². The third-order valence-electron chi connectivity index (χ3n) is 1.35. The molecule has 1 aromatic rings. The van der Waals surface area contributed by atoms with Gasteiger partial charge in [0.25, 0.3) is 6.01 Å². The van der Waals surface area contributed by atoms with Crippen molar-refractivity contribution in [2.24, 2.45) is 12.8 Å². The van der Waals surface area contributed by atoms with E-state index < -0.39 is 0 Å². The molecular weight excluding hydrogens is 154 g/mol. The standard InChI is InChI=1S/C8H15N3O/c1-8(2,9)6-12-7-10-4-5-11(7)3/h4-5H,6,9H2,1-3H3. The molecule has 0 saturated carbocycles. The summed E-state index contributed by atoms with van der Waals surface area (Å²) in [4.78, 5) is 4.00. The van der Waals surface area contributed by atoms with Gasteiger partial charge in [0.05, 0.1) is 0 Å². The molecular formula is C8H15N3O. The van der Waals surface area contributed by atoms with Crippen molar-refractivity contribution in [3.05, 3.63) is 12.4 Å². The fourth-order valence-electron chi connectivity index (χ4n) is 0.742. The van der Waals surface area contributed by atoms with Gasteiger partial charge in [0.2, 0.25) is 0 Å². The van der Waals surface area contributed by atoms with Crippen LogP contribution in [0.2, 0.25) is 0 Å². The van der Waals surface area contributed by atoms with E-state index in [4.69, 9.17) is 10.5 Å². The number of nitrogens with two attached hydrogens (primary N) is 1. The Labute approximate surface area is 72.3 Å². The first-order chi connectivity index (χ1) is 5.49. The molecule has 0 saturated heterocycles. The maximum atomic E-state index is 5.74. The van der Waals surface area contributed by atoms with Crippen LogP contribution in [0.15, 0.2) is 12.4 Å². The normalized spacial score (nSPS) is 11.7. The van der Waals surface area contributed by atoms with E-state index in [0.29, 0.717) is 12.6 Å². The van der Waals surface area contributed by atoms with Gasteiger partial charge in [-0.1, -0.05) is 0 Å². The summed E-state index contributed by atoms with van der Waals surface area (Å²) >= 11 is 0. The van der Waals surface area contributed by atoms with Gasteiger partial charge in [-0.3, -0.25) is 0 Å². The zero-order chi connectivity index (χ0) is 9.19. The van der Waals surface area contributed by atoms with E-state index >= 15 is 0 Å². The molecule has 0 aromatic carbocycles. The molecule has 0 atom stereocenters. The van der Waals surface area contributed by atoms with Crippen LogP contribution < -0.4 is 10.5 Å². The van der Waals surface area contributed by atoms with E-state index in [0.717, 1.165) is 0 Å². The van der Waals surface area contributed by atoms with E-state index in [9.17, 15) is 0 Å². The zero-order valence-corrected chi connectivity index (χ0v) is 7.74. The third-order valence-corrected chi connectivity index (χ3v) is 1.35. The molecule has 0 amide bonds. The first-order valence-electron chi connectivity index (χ1n) is 3.88. The smallest absolute Gasteiger partial charge is 0.296 e. The van der Waals surface area contributed by atoms with Gasteiger partial charge in [-0.15, -0.1) is 0 Å². The number of aryl methyl sites for hydroxylation is 1. The summed E-state index contributed by atoms with van der Waals surface area (Å²) in [5.41, 5.74) is 5.43. The fourth-order valence-corrected chi connectivity index (χ4v) is 0.742. The quantitative estimate of drug-likeness (QED) is 0.718. The van der Waals surface area contributed by atoms with Gasteiger partial charge in [-0.2, -0.15) is 0 Å². The molecule has 1 aromatic heterocycles. The molecule has 4 heteroatoms. The van der Waals surface area contributed by atoms with Gasteiger partial charge in [0.15, 0.2) is 0 Å². The third kappa shape index (κ3) is 2.54. The van der Waals surface area contributed by atoms with Crippen LogP contribution >= 0.6 is 0 Å². The first-order valence-corrected chi connectivity index (χ1v) is 3.88. The predicted octanol–water partition coefficient (Wildman–Crippen LogP) is 0.536. The van der Waals surface area contributed by atoms with E-state index in [2.05, 4.69) is 4.98 Å². The molecule has 0 aliphatic rings. The Morgan fingerprint density at radius 2 is 2.33 bits per heavy atom.